The number of carbonyl (C=O) groups excluding carboxylic acids is 1. The molecule has 1 atom stereocenters. The summed E-state index contributed by atoms with van der Waals surface area (Å²) in [6, 6.07) is 8.20. The van der Waals surface area contributed by atoms with E-state index in [4.69, 9.17) is 0 Å². The van der Waals surface area contributed by atoms with Crippen LogP contribution in [0.5, 0.6) is 0 Å². The van der Waals surface area contributed by atoms with Crippen molar-refractivity contribution in [3.8, 4) is 0 Å². The van der Waals surface area contributed by atoms with Crippen LogP contribution in [0.1, 0.15) is 30.0 Å². The van der Waals surface area contributed by atoms with E-state index in [1.54, 1.807) is 11.6 Å². The fourth-order valence-electron chi connectivity index (χ4n) is 3.76. The van der Waals surface area contributed by atoms with E-state index in [1.807, 2.05) is 12.1 Å². The predicted molar refractivity (Wildman–Crippen MR) is 100 cm³/mol. The molecule has 4 rings (SSSR count). The highest BCUT2D eigenvalue weighted by molar-refractivity contribution is 5.77. The molecule has 27 heavy (non-hydrogen) atoms. The second-order valence-electron chi connectivity index (χ2n) is 6.92. The summed E-state index contributed by atoms with van der Waals surface area (Å²) in [4.78, 5) is 41.0. The van der Waals surface area contributed by atoms with Crippen molar-refractivity contribution >= 4 is 17.1 Å². The molecule has 0 spiro atoms. The Hall–Kier alpha value is -3.16. The molecule has 0 aliphatic heterocycles. The van der Waals surface area contributed by atoms with Gasteiger partial charge in [-0.05, 0) is 24.0 Å². The second-order valence-corrected chi connectivity index (χ2v) is 6.92. The molecule has 0 bridgehead atoms. The normalized spacial score (nSPS) is 15.9. The summed E-state index contributed by atoms with van der Waals surface area (Å²) in [5.74, 6) is -0.0693. The Morgan fingerprint density at radius 3 is 2.81 bits per heavy atom. The third kappa shape index (κ3) is 2.87. The molecule has 8 heteroatoms. The minimum Gasteiger partial charge on any atom is -0.349 e. The molecule has 1 aromatic carbocycles. The molecule has 2 heterocycles. The lowest BCUT2D eigenvalue weighted by Crippen LogP contribution is -2.37. The van der Waals surface area contributed by atoms with Gasteiger partial charge < -0.3 is 9.88 Å². The van der Waals surface area contributed by atoms with E-state index in [2.05, 4.69) is 22.4 Å². The molecular formula is C19H21N5O3. The Bertz CT molecular complexity index is 1150. The van der Waals surface area contributed by atoms with Crippen LogP contribution >= 0.6 is 0 Å². The molecule has 0 fully saturated rings. The Balaban J connectivity index is 1.51. The van der Waals surface area contributed by atoms with Gasteiger partial charge in [-0.3, -0.25) is 18.7 Å². The zero-order valence-electron chi connectivity index (χ0n) is 15.3. The molecule has 2 aromatic heterocycles. The first-order chi connectivity index (χ1) is 13.0. The number of benzene rings is 1. The van der Waals surface area contributed by atoms with Crippen LogP contribution in [0, 0.1) is 0 Å². The third-order valence-corrected chi connectivity index (χ3v) is 5.27. The number of aromatic nitrogens is 4. The molecule has 1 amide bonds. The number of nitrogens with one attached hydrogen (secondary N) is 1. The summed E-state index contributed by atoms with van der Waals surface area (Å²) in [7, 11) is 3.01. The summed E-state index contributed by atoms with van der Waals surface area (Å²) in [6.45, 7) is 0.324. The van der Waals surface area contributed by atoms with Crippen molar-refractivity contribution in [1.29, 1.82) is 0 Å². The van der Waals surface area contributed by atoms with E-state index in [0.717, 1.165) is 17.4 Å². The Morgan fingerprint density at radius 2 is 2.00 bits per heavy atom. The minimum absolute atomic E-state index is 0.0434. The average Bonchev–Trinajstić information content (AvgIpc) is 3.28. The van der Waals surface area contributed by atoms with Crippen molar-refractivity contribution in [3.05, 3.63) is 62.6 Å². The van der Waals surface area contributed by atoms with Crippen molar-refractivity contribution < 1.29 is 4.79 Å². The van der Waals surface area contributed by atoms with Gasteiger partial charge in [0.25, 0.3) is 5.56 Å². The van der Waals surface area contributed by atoms with Gasteiger partial charge in [0.05, 0.1) is 12.4 Å². The van der Waals surface area contributed by atoms with Crippen molar-refractivity contribution in [1.82, 2.24) is 24.0 Å². The zero-order chi connectivity index (χ0) is 19.1. The molecule has 3 aromatic rings. The summed E-state index contributed by atoms with van der Waals surface area (Å²) in [5, 5.41) is 3.08. The Kier molecular flexibility index (Phi) is 4.18. The van der Waals surface area contributed by atoms with Gasteiger partial charge in [-0.1, -0.05) is 24.3 Å². The molecule has 0 saturated heterocycles. The van der Waals surface area contributed by atoms with E-state index >= 15 is 0 Å². The van der Waals surface area contributed by atoms with Crippen LogP contribution in [0.15, 0.2) is 40.2 Å². The van der Waals surface area contributed by atoms with Crippen LogP contribution in [-0.4, -0.2) is 24.6 Å². The first-order valence-electron chi connectivity index (χ1n) is 8.95. The Labute approximate surface area is 155 Å². The molecule has 0 saturated carbocycles. The van der Waals surface area contributed by atoms with Crippen LogP contribution in [-0.2, 0) is 31.9 Å². The first kappa shape index (κ1) is 17.3. The highest BCUT2D eigenvalue weighted by Gasteiger charge is 2.23. The number of imidazole rings is 1. The molecular weight excluding hydrogens is 346 g/mol. The van der Waals surface area contributed by atoms with Crippen LogP contribution in [0.4, 0.5) is 0 Å². The lowest BCUT2D eigenvalue weighted by molar-refractivity contribution is -0.122. The SMILES string of the molecule is Cn1c(=O)c2c(ncn2CCC(=O)NC2CCc3ccccc32)n(C)c1=O. The smallest absolute Gasteiger partial charge is 0.332 e. The van der Waals surface area contributed by atoms with Crippen molar-refractivity contribution in [2.45, 2.75) is 31.8 Å². The number of carbonyl (C=O) groups is 1. The predicted octanol–water partition coefficient (Wildman–Crippen LogP) is 0.627. The number of rotatable bonds is 4. The maximum Gasteiger partial charge on any atom is 0.332 e. The van der Waals surface area contributed by atoms with Crippen LogP contribution in [0.3, 0.4) is 0 Å². The zero-order valence-corrected chi connectivity index (χ0v) is 15.3. The number of aryl methyl sites for hydroxylation is 3. The van der Waals surface area contributed by atoms with E-state index in [0.29, 0.717) is 17.7 Å². The standard InChI is InChI=1S/C19H21N5O3/c1-22-17-16(18(26)23(2)19(22)27)24(11-20-17)10-9-15(25)21-14-8-7-12-5-3-4-6-13(12)14/h3-6,11,14H,7-10H2,1-2H3,(H,21,25). The third-order valence-electron chi connectivity index (χ3n) is 5.27. The number of hydrogen-bond donors (Lipinski definition) is 1. The minimum atomic E-state index is -0.421. The maximum absolute atomic E-state index is 12.4. The van der Waals surface area contributed by atoms with Crippen LogP contribution in [0.2, 0.25) is 0 Å². The van der Waals surface area contributed by atoms with Crippen molar-refractivity contribution in [3.63, 3.8) is 0 Å². The lowest BCUT2D eigenvalue weighted by atomic mass is 10.1. The number of nitrogens with zero attached hydrogens (tertiary/aromatic N) is 4. The summed E-state index contributed by atoms with van der Waals surface area (Å²) < 4.78 is 4.03. The molecule has 140 valence electrons. The molecule has 0 radical (unpaired) electrons. The number of amides is 1. The largest absolute Gasteiger partial charge is 0.349 e. The fraction of sp³-hybridized carbons (Fsp3) is 0.368. The van der Waals surface area contributed by atoms with E-state index in [-0.39, 0.29) is 18.4 Å². The van der Waals surface area contributed by atoms with Gasteiger partial charge in [0.2, 0.25) is 5.91 Å². The van der Waals surface area contributed by atoms with Gasteiger partial charge in [-0.25, -0.2) is 9.78 Å². The van der Waals surface area contributed by atoms with Gasteiger partial charge in [0.15, 0.2) is 11.2 Å². The van der Waals surface area contributed by atoms with Crippen molar-refractivity contribution in [2.24, 2.45) is 14.1 Å². The molecule has 8 nitrogen and oxygen atoms in total. The molecule has 1 N–H and O–H groups in total. The summed E-state index contributed by atoms with van der Waals surface area (Å²) >= 11 is 0. The highest BCUT2D eigenvalue weighted by Crippen LogP contribution is 2.30. The highest BCUT2D eigenvalue weighted by atomic mass is 16.2. The van der Waals surface area contributed by atoms with Crippen LogP contribution < -0.4 is 16.6 Å². The molecule has 1 unspecified atom stereocenters. The summed E-state index contributed by atoms with van der Waals surface area (Å²) in [6.07, 6.45) is 3.61. The summed E-state index contributed by atoms with van der Waals surface area (Å²) in [5.41, 5.74) is 2.30. The quantitative estimate of drug-likeness (QED) is 0.732. The van der Waals surface area contributed by atoms with Gasteiger partial charge >= 0.3 is 5.69 Å². The average molecular weight is 367 g/mol. The second kappa shape index (κ2) is 6.53. The monoisotopic (exact) mass is 367 g/mol. The van der Waals surface area contributed by atoms with Gasteiger partial charge in [-0.15, -0.1) is 0 Å². The molecule has 1 aliphatic rings. The Morgan fingerprint density at radius 1 is 1.22 bits per heavy atom. The lowest BCUT2D eigenvalue weighted by Gasteiger charge is -2.14. The van der Waals surface area contributed by atoms with Gasteiger partial charge in [-0.2, -0.15) is 0 Å². The van der Waals surface area contributed by atoms with Crippen molar-refractivity contribution in [2.75, 3.05) is 0 Å². The van der Waals surface area contributed by atoms with E-state index in [1.165, 1.54) is 29.1 Å². The molecule has 1 aliphatic carbocycles. The van der Waals surface area contributed by atoms with E-state index in [9.17, 15) is 14.4 Å². The van der Waals surface area contributed by atoms with Gasteiger partial charge in [0.1, 0.15) is 0 Å². The van der Waals surface area contributed by atoms with Crippen LogP contribution in [0.25, 0.3) is 11.2 Å². The number of fused-ring (bicyclic) bond motifs is 2. The first-order valence-corrected chi connectivity index (χ1v) is 8.95. The van der Waals surface area contributed by atoms with Gasteiger partial charge in [0, 0.05) is 27.1 Å². The topological polar surface area (TPSA) is 90.9 Å². The number of hydrogen-bond acceptors (Lipinski definition) is 4. The maximum atomic E-state index is 12.4. The fourth-order valence-corrected chi connectivity index (χ4v) is 3.76. The van der Waals surface area contributed by atoms with E-state index < -0.39 is 11.2 Å².